The molecule has 23 heavy (non-hydrogen) atoms. The Morgan fingerprint density at radius 1 is 0.826 bits per heavy atom. The molecule has 0 bridgehead atoms. The lowest BCUT2D eigenvalue weighted by atomic mass is 10.1. The van der Waals surface area contributed by atoms with Crippen molar-refractivity contribution in [1.29, 1.82) is 0 Å². The van der Waals surface area contributed by atoms with Gasteiger partial charge in [0.15, 0.2) is 11.1 Å². The van der Waals surface area contributed by atoms with E-state index in [0.29, 0.717) is 11.1 Å². The molecule has 5 nitrogen and oxygen atoms in total. The summed E-state index contributed by atoms with van der Waals surface area (Å²) in [6.07, 6.45) is -1.14. The number of carbonyl (C=O) groups excluding carboxylic acids is 1. The van der Waals surface area contributed by atoms with E-state index in [-0.39, 0.29) is 21.9 Å². The number of rotatable bonds is 1. The van der Waals surface area contributed by atoms with E-state index in [9.17, 15) is 19.5 Å². The van der Waals surface area contributed by atoms with E-state index >= 15 is 0 Å². The van der Waals surface area contributed by atoms with Crippen molar-refractivity contribution in [3.8, 4) is 0 Å². The van der Waals surface area contributed by atoms with Crippen molar-refractivity contribution in [3.05, 3.63) is 85.5 Å². The molecule has 1 aliphatic carbocycles. The number of hydrogen-bond donors (Lipinski definition) is 1. The molecule has 0 fully saturated rings. The SMILES string of the molecule is O=C1c2ccccc2[C@H](O)[C@H]1N=c1c(=O)c2ccccc2c1=O. The molecule has 0 spiro atoms. The minimum atomic E-state index is -1.15. The van der Waals surface area contributed by atoms with Crippen LogP contribution < -0.4 is 16.2 Å². The van der Waals surface area contributed by atoms with Crippen molar-refractivity contribution < 1.29 is 9.90 Å². The van der Waals surface area contributed by atoms with Crippen LogP contribution in [0.4, 0.5) is 0 Å². The Bertz CT molecular complexity index is 1060. The molecular weight excluding hydrogens is 294 g/mol. The summed E-state index contributed by atoms with van der Waals surface area (Å²) in [6.45, 7) is 0. The van der Waals surface area contributed by atoms with Gasteiger partial charge in [-0.3, -0.25) is 19.4 Å². The Hall–Kier alpha value is -2.92. The fraction of sp³-hybridized carbons (Fsp3) is 0.111. The summed E-state index contributed by atoms with van der Waals surface area (Å²) in [5.41, 5.74) is -0.143. The van der Waals surface area contributed by atoms with Gasteiger partial charge in [0.2, 0.25) is 10.9 Å². The number of aliphatic hydroxyl groups is 1. The first-order valence-electron chi connectivity index (χ1n) is 7.17. The highest BCUT2D eigenvalue weighted by Gasteiger charge is 2.38. The van der Waals surface area contributed by atoms with Crippen LogP contribution in [0.1, 0.15) is 22.0 Å². The summed E-state index contributed by atoms with van der Waals surface area (Å²) in [4.78, 5) is 41.1. The van der Waals surface area contributed by atoms with Gasteiger partial charge in [-0.05, 0) is 5.56 Å². The number of aliphatic hydroxyl groups excluding tert-OH is 1. The van der Waals surface area contributed by atoms with Crippen LogP contribution in [0.15, 0.2) is 63.1 Å². The van der Waals surface area contributed by atoms with Gasteiger partial charge in [-0.25, -0.2) is 0 Å². The molecule has 2 atom stereocenters. The summed E-state index contributed by atoms with van der Waals surface area (Å²) < 4.78 is 0. The smallest absolute Gasteiger partial charge is 0.215 e. The van der Waals surface area contributed by atoms with Crippen LogP contribution >= 0.6 is 0 Å². The molecule has 0 saturated heterocycles. The van der Waals surface area contributed by atoms with Crippen LogP contribution in [0.3, 0.4) is 0 Å². The lowest BCUT2D eigenvalue weighted by molar-refractivity contribution is 0.0877. The Balaban J connectivity index is 1.95. The minimum absolute atomic E-state index is 0.281. The highest BCUT2D eigenvalue weighted by molar-refractivity contribution is 6.05. The molecular formula is C18H11NO4. The quantitative estimate of drug-likeness (QED) is 0.715. The molecule has 3 aromatic rings. The fourth-order valence-electron chi connectivity index (χ4n) is 3.08. The van der Waals surface area contributed by atoms with Gasteiger partial charge in [-0.15, -0.1) is 0 Å². The van der Waals surface area contributed by atoms with Crippen LogP contribution in [0.25, 0.3) is 10.8 Å². The molecule has 4 rings (SSSR count). The molecule has 0 amide bonds. The van der Waals surface area contributed by atoms with E-state index in [1.807, 2.05) is 0 Å². The van der Waals surface area contributed by atoms with Crippen molar-refractivity contribution >= 4 is 16.6 Å². The number of benzene rings is 2. The maximum atomic E-state index is 12.4. The zero-order chi connectivity index (χ0) is 16.1. The summed E-state index contributed by atoms with van der Waals surface area (Å²) in [5.74, 6) is -0.378. The average molecular weight is 305 g/mol. The van der Waals surface area contributed by atoms with Gasteiger partial charge < -0.3 is 5.11 Å². The largest absolute Gasteiger partial charge is 0.386 e. The molecule has 0 saturated carbocycles. The maximum absolute atomic E-state index is 12.4. The average Bonchev–Trinajstić information content (AvgIpc) is 2.97. The van der Waals surface area contributed by atoms with E-state index < -0.39 is 23.0 Å². The third kappa shape index (κ3) is 1.83. The topological polar surface area (TPSA) is 83.8 Å². The molecule has 0 radical (unpaired) electrons. The molecule has 5 heteroatoms. The van der Waals surface area contributed by atoms with Crippen molar-refractivity contribution in [2.45, 2.75) is 12.1 Å². The van der Waals surface area contributed by atoms with Gasteiger partial charge >= 0.3 is 0 Å². The van der Waals surface area contributed by atoms with Crippen molar-refractivity contribution in [1.82, 2.24) is 0 Å². The van der Waals surface area contributed by atoms with E-state index in [2.05, 4.69) is 4.99 Å². The second-order valence-electron chi connectivity index (χ2n) is 5.52. The number of nitrogens with zero attached hydrogens (tertiary/aromatic N) is 1. The van der Waals surface area contributed by atoms with Crippen LogP contribution in [-0.2, 0) is 0 Å². The first kappa shape index (κ1) is 13.7. The predicted octanol–water partition coefficient (Wildman–Crippen LogP) is 0.635. The molecule has 1 aliphatic rings. The van der Waals surface area contributed by atoms with Crippen molar-refractivity contribution in [2.24, 2.45) is 4.99 Å². The number of hydrogen-bond acceptors (Lipinski definition) is 5. The summed E-state index contributed by atoms with van der Waals surface area (Å²) in [7, 11) is 0. The second kappa shape index (κ2) is 4.79. The molecule has 0 heterocycles. The predicted molar refractivity (Wildman–Crippen MR) is 83.9 cm³/mol. The Labute approximate surface area is 129 Å². The molecule has 0 aliphatic heterocycles. The summed E-state index contributed by atoms with van der Waals surface area (Å²) >= 11 is 0. The Morgan fingerprint density at radius 3 is 2.00 bits per heavy atom. The van der Waals surface area contributed by atoms with Gasteiger partial charge in [-0.1, -0.05) is 48.5 Å². The van der Waals surface area contributed by atoms with Gasteiger partial charge in [-0.2, -0.15) is 0 Å². The maximum Gasteiger partial charge on any atom is 0.215 e. The van der Waals surface area contributed by atoms with Crippen molar-refractivity contribution in [2.75, 3.05) is 0 Å². The molecule has 112 valence electrons. The van der Waals surface area contributed by atoms with E-state index in [1.54, 1.807) is 48.5 Å². The van der Waals surface area contributed by atoms with Crippen molar-refractivity contribution in [3.63, 3.8) is 0 Å². The molecule has 0 unspecified atom stereocenters. The zero-order valence-corrected chi connectivity index (χ0v) is 11.9. The Morgan fingerprint density at radius 2 is 1.39 bits per heavy atom. The highest BCUT2D eigenvalue weighted by Crippen LogP contribution is 2.32. The van der Waals surface area contributed by atoms with Gasteiger partial charge in [0.05, 0.1) is 0 Å². The number of fused-ring (bicyclic) bond motifs is 2. The molecule has 3 aromatic carbocycles. The van der Waals surface area contributed by atoms with Gasteiger partial charge in [0.25, 0.3) is 0 Å². The lowest BCUT2D eigenvalue weighted by Gasteiger charge is -2.07. The number of ketones is 1. The van der Waals surface area contributed by atoms with Gasteiger partial charge in [0.1, 0.15) is 12.1 Å². The summed E-state index contributed by atoms with van der Waals surface area (Å²) in [6, 6.07) is 12.0. The van der Waals surface area contributed by atoms with Crippen LogP contribution in [0, 0.1) is 0 Å². The van der Waals surface area contributed by atoms with E-state index in [4.69, 9.17) is 0 Å². The van der Waals surface area contributed by atoms with Crippen LogP contribution in [-0.4, -0.2) is 16.9 Å². The third-order valence-electron chi connectivity index (χ3n) is 4.23. The fourth-order valence-corrected chi connectivity index (χ4v) is 3.08. The monoisotopic (exact) mass is 305 g/mol. The first-order valence-corrected chi connectivity index (χ1v) is 7.17. The third-order valence-corrected chi connectivity index (χ3v) is 4.23. The normalized spacial score (nSPS) is 20.0. The lowest BCUT2D eigenvalue weighted by Crippen LogP contribution is -2.35. The van der Waals surface area contributed by atoms with E-state index in [0.717, 1.165) is 0 Å². The summed E-state index contributed by atoms with van der Waals surface area (Å²) in [5, 5.41) is 10.6. The van der Waals surface area contributed by atoms with Gasteiger partial charge in [0, 0.05) is 16.3 Å². The Kier molecular flexibility index (Phi) is 2.86. The standard InChI is InChI=1S/C18H11NO4/c20-15-9-5-1-2-6-10(9)16(21)13(15)19-14-17(22)11-7-3-4-8-12(11)18(14)23/h1-8,13,15,20H/t13-,15+/m1/s1. The number of Topliss-reactive ketones (excluding diaryl/α,β-unsaturated/α-hetero) is 1. The number of carbonyl (C=O) groups is 1. The minimum Gasteiger partial charge on any atom is -0.386 e. The second-order valence-corrected chi connectivity index (χ2v) is 5.52. The van der Waals surface area contributed by atoms with E-state index in [1.165, 1.54) is 0 Å². The molecule has 0 aromatic heterocycles. The van der Waals surface area contributed by atoms with Crippen LogP contribution in [0.5, 0.6) is 0 Å². The van der Waals surface area contributed by atoms with Crippen LogP contribution in [0.2, 0.25) is 0 Å². The highest BCUT2D eigenvalue weighted by atomic mass is 16.3. The first-order chi connectivity index (χ1) is 11.1. The zero-order valence-electron chi connectivity index (χ0n) is 11.9. The molecule has 1 N–H and O–H groups in total.